The molecule has 24 heavy (non-hydrogen) atoms. The van der Waals surface area contributed by atoms with E-state index in [-0.39, 0.29) is 23.5 Å². The Bertz CT molecular complexity index is 911. The highest BCUT2D eigenvalue weighted by molar-refractivity contribution is 5.76. The number of hydrogen-bond acceptors (Lipinski definition) is 5. The van der Waals surface area contributed by atoms with E-state index < -0.39 is 0 Å². The van der Waals surface area contributed by atoms with Gasteiger partial charge < -0.3 is 4.90 Å². The van der Waals surface area contributed by atoms with Gasteiger partial charge in [-0.25, -0.2) is 4.98 Å². The summed E-state index contributed by atoms with van der Waals surface area (Å²) in [5.74, 6) is -0.126. The van der Waals surface area contributed by atoms with Gasteiger partial charge in [-0.1, -0.05) is 23.4 Å². The Labute approximate surface area is 138 Å². The van der Waals surface area contributed by atoms with Crippen LogP contribution in [0.25, 0.3) is 16.9 Å². The van der Waals surface area contributed by atoms with Gasteiger partial charge in [-0.2, -0.15) is 4.68 Å². The molecule has 1 amide bonds. The van der Waals surface area contributed by atoms with Crippen LogP contribution < -0.4 is 5.56 Å². The average Bonchev–Trinajstić information content (AvgIpc) is 3.04. The van der Waals surface area contributed by atoms with E-state index in [1.165, 1.54) is 15.6 Å². The second-order valence-electron chi connectivity index (χ2n) is 5.25. The molecule has 0 aliphatic rings. The van der Waals surface area contributed by atoms with Crippen LogP contribution in [0.5, 0.6) is 0 Å². The molecule has 0 N–H and O–H groups in total. The van der Waals surface area contributed by atoms with Gasteiger partial charge in [-0.05, 0) is 26.0 Å². The summed E-state index contributed by atoms with van der Waals surface area (Å²) in [6.07, 6.45) is 1.37. The Morgan fingerprint density at radius 3 is 2.54 bits per heavy atom. The van der Waals surface area contributed by atoms with E-state index in [4.69, 9.17) is 0 Å². The molecule has 2 aromatic heterocycles. The smallest absolute Gasteiger partial charge is 0.284 e. The van der Waals surface area contributed by atoms with Crippen LogP contribution in [0.1, 0.15) is 13.8 Å². The van der Waals surface area contributed by atoms with E-state index in [2.05, 4.69) is 15.3 Å². The highest BCUT2D eigenvalue weighted by Crippen LogP contribution is 2.10. The maximum atomic E-state index is 12.5. The van der Waals surface area contributed by atoms with Gasteiger partial charge in [-0.3, -0.25) is 14.2 Å². The summed E-state index contributed by atoms with van der Waals surface area (Å²) in [6.45, 7) is 4.95. The maximum absolute atomic E-state index is 12.5. The number of benzene rings is 1. The van der Waals surface area contributed by atoms with Crippen molar-refractivity contribution >= 4 is 17.1 Å². The first-order valence-electron chi connectivity index (χ1n) is 7.79. The fraction of sp³-hybridized carbons (Fsp3) is 0.312. The van der Waals surface area contributed by atoms with Gasteiger partial charge in [-0.15, -0.1) is 5.10 Å². The van der Waals surface area contributed by atoms with Gasteiger partial charge in [0.05, 0.1) is 5.69 Å². The standard InChI is InChI=1S/C16H18N6O2/c1-3-20(4-2)13(23)10-21-11-17-15-14(16(21)24)18-19-22(15)12-8-6-5-7-9-12/h5-9,11H,3-4,10H2,1-2H3. The number of para-hydroxylation sites is 1. The van der Waals surface area contributed by atoms with E-state index in [1.54, 1.807) is 4.90 Å². The number of carbonyl (C=O) groups is 1. The van der Waals surface area contributed by atoms with E-state index in [0.717, 1.165) is 5.69 Å². The predicted molar refractivity (Wildman–Crippen MR) is 88.8 cm³/mol. The number of hydrogen-bond donors (Lipinski definition) is 0. The minimum Gasteiger partial charge on any atom is -0.342 e. The van der Waals surface area contributed by atoms with Crippen molar-refractivity contribution in [2.24, 2.45) is 0 Å². The van der Waals surface area contributed by atoms with Gasteiger partial charge in [0.15, 0.2) is 11.2 Å². The topological polar surface area (TPSA) is 85.9 Å². The van der Waals surface area contributed by atoms with Crippen molar-refractivity contribution in [1.82, 2.24) is 29.4 Å². The Morgan fingerprint density at radius 2 is 1.88 bits per heavy atom. The largest absolute Gasteiger partial charge is 0.342 e. The number of likely N-dealkylation sites (N-methyl/N-ethyl adjacent to an activating group) is 1. The van der Waals surface area contributed by atoms with Gasteiger partial charge in [0, 0.05) is 13.1 Å². The van der Waals surface area contributed by atoms with Crippen LogP contribution in [0, 0.1) is 0 Å². The first-order chi connectivity index (χ1) is 11.7. The van der Waals surface area contributed by atoms with Crippen molar-refractivity contribution in [2.75, 3.05) is 13.1 Å². The summed E-state index contributed by atoms with van der Waals surface area (Å²) in [4.78, 5) is 30.7. The van der Waals surface area contributed by atoms with Crippen molar-refractivity contribution in [1.29, 1.82) is 0 Å². The second kappa shape index (κ2) is 6.61. The molecule has 0 unspecified atom stereocenters. The Hall–Kier alpha value is -3.03. The normalized spacial score (nSPS) is 10.9. The van der Waals surface area contributed by atoms with Crippen LogP contribution in [0.2, 0.25) is 0 Å². The number of nitrogens with zero attached hydrogens (tertiary/aromatic N) is 6. The summed E-state index contributed by atoms with van der Waals surface area (Å²) in [6, 6.07) is 9.33. The molecule has 124 valence electrons. The minimum absolute atomic E-state index is 0.0539. The van der Waals surface area contributed by atoms with Crippen LogP contribution in [-0.2, 0) is 11.3 Å². The summed E-state index contributed by atoms with van der Waals surface area (Å²) >= 11 is 0. The van der Waals surface area contributed by atoms with Gasteiger partial charge in [0.1, 0.15) is 12.9 Å². The molecule has 3 aromatic rings. The number of fused-ring (bicyclic) bond motifs is 1. The molecule has 0 radical (unpaired) electrons. The number of rotatable bonds is 5. The number of amides is 1. The van der Waals surface area contributed by atoms with E-state index in [9.17, 15) is 9.59 Å². The summed E-state index contributed by atoms with van der Waals surface area (Å²) < 4.78 is 2.78. The third kappa shape index (κ3) is 2.78. The van der Waals surface area contributed by atoms with Gasteiger partial charge >= 0.3 is 0 Å². The number of aromatic nitrogens is 5. The van der Waals surface area contributed by atoms with Crippen molar-refractivity contribution in [3.8, 4) is 5.69 Å². The summed E-state index contributed by atoms with van der Waals surface area (Å²) in [7, 11) is 0. The lowest BCUT2D eigenvalue weighted by atomic mass is 10.3. The lowest BCUT2D eigenvalue weighted by Crippen LogP contribution is -2.36. The minimum atomic E-state index is -0.373. The van der Waals surface area contributed by atoms with Crippen LogP contribution >= 0.6 is 0 Å². The molecule has 0 bridgehead atoms. The van der Waals surface area contributed by atoms with Gasteiger partial charge in [0.2, 0.25) is 5.91 Å². The third-order valence-electron chi connectivity index (χ3n) is 3.85. The Kier molecular flexibility index (Phi) is 4.37. The molecule has 0 fully saturated rings. The molecule has 2 heterocycles. The Morgan fingerprint density at radius 1 is 1.17 bits per heavy atom. The molecule has 8 heteroatoms. The SMILES string of the molecule is CCN(CC)C(=O)Cn1cnc2c(nnn2-c2ccccc2)c1=O. The van der Waals surface area contributed by atoms with Crippen LogP contribution in [0.4, 0.5) is 0 Å². The van der Waals surface area contributed by atoms with Crippen LogP contribution in [0.3, 0.4) is 0 Å². The zero-order valence-corrected chi connectivity index (χ0v) is 13.6. The van der Waals surface area contributed by atoms with Crippen LogP contribution in [0.15, 0.2) is 41.5 Å². The zero-order valence-electron chi connectivity index (χ0n) is 13.6. The quantitative estimate of drug-likeness (QED) is 0.694. The fourth-order valence-corrected chi connectivity index (χ4v) is 2.52. The molecule has 1 aromatic carbocycles. The molecule has 0 aliphatic carbocycles. The molecule has 0 aliphatic heterocycles. The zero-order chi connectivity index (χ0) is 17.1. The predicted octanol–water partition coefficient (Wildman–Crippen LogP) is 0.846. The van der Waals surface area contributed by atoms with Crippen molar-refractivity contribution in [3.05, 3.63) is 47.0 Å². The molecule has 0 saturated carbocycles. The molecule has 0 atom stereocenters. The first kappa shape index (κ1) is 15.9. The lowest BCUT2D eigenvalue weighted by molar-refractivity contribution is -0.131. The highest BCUT2D eigenvalue weighted by atomic mass is 16.2. The molecule has 0 saturated heterocycles. The van der Waals surface area contributed by atoms with Crippen LogP contribution in [-0.4, -0.2) is 48.4 Å². The van der Waals surface area contributed by atoms with Crippen molar-refractivity contribution in [3.63, 3.8) is 0 Å². The molecule has 3 rings (SSSR count). The molecular formula is C16H18N6O2. The third-order valence-corrected chi connectivity index (χ3v) is 3.85. The van der Waals surface area contributed by atoms with Crippen molar-refractivity contribution < 1.29 is 4.79 Å². The highest BCUT2D eigenvalue weighted by Gasteiger charge is 2.16. The monoisotopic (exact) mass is 326 g/mol. The molecule has 8 nitrogen and oxygen atoms in total. The van der Waals surface area contributed by atoms with E-state index in [0.29, 0.717) is 18.7 Å². The maximum Gasteiger partial charge on any atom is 0.284 e. The van der Waals surface area contributed by atoms with Crippen molar-refractivity contribution in [2.45, 2.75) is 20.4 Å². The summed E-state index contributed by atoms with van der Waals surface area (Å²) in [5.41, 5.74) is 0.915. The van der Waals surface area contributed by atoms with Gasteiger partial charge in [0.25, 0.3) is 5.56 Å². The number of carbonyl (C=O) groups excluding carboxylic acids is 1. The van der Waals surface area contributed by atoms with E-state index in [1.807, 2.05) is 44.2 Å². The molecule has 0 spiro atoms. The van der Waals surface area contributed by atoms with E-state index >= 15 is 0 Å². The lowest BCUT2D eigenvalue weighted by Gasteiger charge is -2.18. The Balaban J connectivity index is 1.98. The first-order valence-corrected chi connectivity index (χ1v) is 7.79. The average molecular weight is 326 g/mol. The fourth-order valence-electron chi connectivity index (χ4n) is 2.52. The second-order valence-corrected chi connectivity index (χ2v) is 5.25. The summed E-state index contributed by atoms with van der Waals surface area (Å²) in [5, 5.41) is 7.95. The molecular weight excluding hydrogens is 308 g/mol.